The topological polar surface area (TPSA) is 44.5 Å². The number of anilines is 1. The summed E-state index contributed by atoms with van der Waals surface area (Å²) in [7, 11) is 1.38. The second-order valence-electron chi connectivity index (χ2n) is 2.46. The number of ether oxygens (including phenoxy) is 2. The molecule has 1 rings (SSSR count). The summed E-state index contributed by atoms with van der Waals surface area (Å²) in [6, 6.07) is 2.90. The molecule has 0 spiro atoms. The van der Waals surface area contributed by atoms with Gasteiger partial charge in [0.05, 0.1) is 19.4 Å². The molecule has 2 N–H and O–H groups in total. The lowest BCUT2D eigenvalue weighted by atomic mass is 10.2. The molecule has 0 unspecified atom stereocenters. The van der Waals surface area contributed by atoms with Crippen molar-refractivity contribution in [3.63, 3.8) is 0 Å². The zero-order chi connectivity index (χ0) is 9.84. The summed E-state index contributed by atoms with van der Waals surface area (Å²) in [6.07, 6.45) is 0. The number of hydrogen-bond donors (Lipinski definition) is 1. The molecule has 13 heavy (non-hydrogen) atoms. The molecule has 4 heteroatoms. The third-order valence-electron chi connectivity index (χ3n) is 1.57. The minimum absolute atomic E-state index is 0.0304. The van der Waals surface area contributed by atoms with Gasteiger partial charge in [-0.2, -0.15) is 0 Å². The Morgan fingerprint density at radius 1 is 1.46 bits per heavy atom. The highest BCUT2D eigenvalue weighted by Gasteiger charge is 2.08. The molecule has 1 aromatic carbocycles. The van der Waals surface area contributed by atoms with E-state index in [2.05, 4.69) is 0 Å². The van der Waals surface area contributed by atoms with Crippen molar-refractivity contribution in [3.8, 4) is 11.5 Å². The fourth-order valence-corrected chi connectivity index (χ4v) is 0.992. The highest BCUT2D eigenvalue weighted by molar-refractivity contribution is 5.52. The number of hydrogen-bond acceptors (Lipinski definition) is 3. The van der Waals surface area contributed by atoms with E-state index in [0.29, 0.717) is 12.4 Å². The van der Waals surface area contributed by atoms with E-state index in [4.69, 9.17) is 15.2 Å². The van der Waals surface area contributed by atoms with Gasteiger partial charge in [0.1, 0.15) is 5.75 Å². The van der Waals surface area contributed by atoms with Crippen LogP contribution >= 0.6 is 0 Å². The van der Waals surface area contributed by atoms with Gasteiger partial charge >= 0.3 is 0 Å². The molecule has 0 atom stereocenters. The van der Waals surface area contributed by atoms with Crippen molar-refractivity contribution in [2.75, 3.05) is 19.5 Å². The number of methoxy groups -OCH3 is 1. The number of rotatable bonds is 3. The monoisotopic (exact) mass is 185 g/mol. The van der Waals surface area contributed by atoms with Crippen molar-refractivity contribution in [3.05, 3.63) is 17.9 Å². The predicted octanol–water partition coefficient (Wildman–Crippen LogP) is 1.82. The van der Waals surface area contributed by atoms with Crippen molar-refractivity contribution in [1.29, 1.82) is 0 Å². The minimum Gasteiger partial charge on any atom is -0.494 e. The molecule has 0 saturated carbocycles. The molecular formula is C9H12FNO2. The van der Waals surface area contributed by atoms with Gasteiger partial charge in [0.25, 0.3) is 0 Å². The van der Waals surface area contributed by atoms with Crippen LogP contribution in [-0.2, 0) is 0 Å². The molecule has 0 aliphatic carbocycles. The quantitative estimate of drug-likeness (QED) is 0.730. The molecule has 0 aromatic heterocycles. The molecule has 1 aromatic rings. The first-order chi connectivity index (χ1) is 6.19. The van der Waals surface area contributed by atoms with Gasteiger partial charge in [-0.25, -0.2) is 4.39 Å². The summed E-state index contributed by atoms with van der Waals surface area (Å²) in [5, 5.41) is 0. The number of nitrogens with two attached hydrogens (primary N) is 1. The van der Waals surface area contributed by atoms with Gasteiger partial charge in [-0.3, -0.25) is 0 Å². The Balaban J connectivity index is 3.06. The van der Waals surface area contributed by atoms with E-state index in [-0.39, 0.29) is 11.4 Å². The number of nitrogen functional groups attached to an aromatic ring is 1. The van der Waals surface area contributed by atoms with Crippen LogP contribution in [0.2, 0.25) is 0 Å². The molecule has 0 saturated heterocycles. The maximum atomic E-state index is 13.1. The van der Waals surface area contributed by atoms with E-state index >= 15 is 0 Å². The van der Waals surface area contributed by atoms with Crippen molar-refractivity contribution >= 4 is 5.69 Å². The lowest BCUT2D eigenvalue weighted by Crippen LogP contribution is -1.98. The van der Waals surface area contributed by atoms with Crippen LogP contribution in [0.4, 0.5) is 10.1 Å². The normalized spacial score (nSPS) is 9.77. The van der Waals surface area contributed by atoms with Gasteiger partial charge in [0.15, 0.2) is 11.6 Å². The summed E-state index contributed by atoms with van der Waals surface area (Å²) in [4.78, 5) is 0. The molecule has 72 valence electrons. The van der Waals surface area contributed by atoms with Crippen molar-refractivity contribution < 1.29 is 13.9 Å². The standard InChI is InChI=1S/C9H12FNO2/c1-3-13-6-4-7(11)9(10)8(5-6)12-2/h4-5H,3,11H2,1-2H3. The van der Waals surface area contributed by atoms with Gasteiger partial charge in [0.2, 0.25) is 0 Å². The van der Waals surface area contributed by atoms with Crippen LogP contribution in [0.15, 0.2) is 12.1 Å². The minimum atomic E-state index is -0.550. The summed E-state index contributed by atoms with van der Waals surface area (Å²) in [5.41, 5.74) is 5.42. The van der Waals surface area contributed by atoms with Crippen molar-refractivity contribution in [1.82, 2.24) is 0 Å². The second-order valence-corrected chi connectivity index (χ2v) is 2.46. The van der Waals surface area contributed by atoms with Crippen molar-refractivity contribution in [2.24, 2.45) is 0 Å². The third kappa shape index (κ3) is 2.02. The highest BCUT2D eigenvalue weighted by Crippen LogP contribution is 2.28. The lowest BCUT2D eigenvalue weighted by Gasteiger charge is -2.08. The van der Waals surface area contributed by atoms with Gasteiger partial charge in [-0.1, -0.05) is 0 Å². The van der Waals surface area contributed by atoms with E-state index in [9.17, 15) is 4.39 Å². The fourth-order valence-electron chi connectivity index (χ4n) is 0.992. The molecule has 0 fully saturated rings. The fraction of sp³-hybridized carbons (Fsp3) is 0.333. The average molecular weight is 185 g/mol. The third-order valence-corrected chi connectivity index (χ3v) is 1.57. The van der Waals surface area contributed by atoms with Crippen LogP contribution in [0, 0.1) is 5.82 Å². The molecule has 0 radical (unpaired) electrons. The van der Waals surface area contributed by atoms with E-state index in [1.165, 1.54) is 19.2 Å². The number of benzene rings is 1. The Morgan fingerprint density at radius 3 is 2.69 bits per heavy atom. The summed E-state index contributed by atoms with van der Waals surface area (Å²) >= 11 is 0. The Bertz CT molecular complexity index is 302. The van der Waals surface area contributed by atoms with E-state index < -0.39 is 5.82 Å². The molecule has 0 bridgehead atoms. The molecular weight excluding hydrogens is 173 g/mol. The average Bonchev–Trinajstić information content (AvgIpc) is 2.11. The first kappa shape index (κ1) is 9.64. The van der Waals surface area contributed by atoms with Crippen LogP contribution in [0.5, 0.6) is 11.5 Å². The number of halogens is 1. The van der Waals surface area contributed by atoms with Gasteiger partial charge in [-0.15, -0.1) is 0 Å². The molecule has 0 amide bonds. The van der Waals surface area contributed by atoms with Crippen LogP contribution in [0.25, 0.3) is 0 Å². The lowest BCUT2D eigenvalue weighted by molar-refractivity contribution is 0.333. The zero-order valence-electron chi connectivity index (χ0n) is 7.63. The SMILES string of the molecule is CCOc1cc(N)c(F)c(OC)c1. The van der Waals surface area contributed by atoms with E-state index in [0.717, 1.165) is 0 Å². The Hall–Kier alpha value is -1.45. The predicted molar refractivity (Wildman–Crippen MR) is 48.5 cm³/mol. The van der Waals surface area contributed by atoms with Gasteiger partial charge in [-0.05, 0) is 6.92 Å². The highest BCUT2D eigenvalue weighted by atomic mass is 19.1. The largest absolute Gasteiger partial charge is 0.494 e. The van der Waals surface area contributed by atoms with Gasteiger partial charge < -0.3 is 15.2 Å². The van der Waals surface area contributed by atoms with E-state index in [1.807, 2.05) is 6.92 Å². The summed E-state index contributed by atoms with van der Waals surface area (Å²) in [6.45, 7) is 2.35. The Morgan fingerprint density at radius 2 is 2.15 bits per heavy atom. The summed E-state index contributed by atoms with van der Waals surface area (Å²) < 4.78 is 23.1. The maximum absolute atomic E-state index is 13.1. The Labute approximate surface area is 76.3 Å². The first-order valence-corrected chi connectivity index (χ1v) is 3.94. The van der Waals surface area contributed by atoms with Crippen molar-refractivity contribution in [2.45, 2.75) is 6.92 Å². The van der Waals surface area contributed by atoms with Crippen LogP contribution in [0.1, 0.15) is 6.92 Å². The smallest absolute Gasteiger partial charge is 0.188 e. The first-order valence-electron chi connectivity index (χ1n) is 3.94. The van der Waals surface area contributed by atoms with Crippen LogP contribution in [-0.4, -0.2) is 13.7 Å². The zero-order valence-corrected chi connectivity index (χ0v) is 7.63. The maximum Gasteiger partial charge on any atom is 0.188 e. The van der Waals surface area contributed by atoms with Gasteiger partial charge in [0, 0.05) is 12.1 Å². The molecule has 0 heterocycles. The Kier molecular flexibility index (Phi) is 2.95. The second kappa shape index (κ2) is 3.98. The molecule has 3 nitrogen and oxygen atoms in total. The molecule has 0 aliphatic heterocycles. The molecule has 0 aliphatic rings. The van der Waals surface area contributed by atoms with E-state index in [1.54, 1.807) is 0 Å². The van der Waals surface area contributed by atoms with Crippen LogP contribution < -0.4 is 15.2 Å². The summed E-state index contributed by atoms with van der Waals surface area (Å²) in [5.74, 6) is 0.0626. The van der Waals surface area contributed by atoms with Crippen LogP contribution in [0.3, 0.4) is 0 Å².